The van der Waals surface area contributed by atoms with Gasteiger partial charge in [-0.3, -0.25) is 9.59 Å². The van der Waals surface area contributed by atoms with Gasteiger partial charge in [0, 0.05) is 11.2 Å². The van der Waals surface area contributed by atoms with E-state index in [9.17, 15) is 22.8 Å². The molecule has 0 bridgehead atoms. The van der Waals surface area contributed by atoms with Crippen molar-refractivity contribution in [3.05, 3.63) is 76.1 Å². The molecule has 0 spiro atoms. The number of carbonyl (C=O) groups is 1. The fourth-order valence-corrected chi connectivity index (χ4v) is 2.26. The first kappa shape index (κ1) is 15.8. The van der Waals surface area contributed by atoms with Crippen molar-refractivity contribution in [2.75, 3.05) is 5.32 Å². The second-order valence-electron chi connectivity index (χ2n) is 5.13. The van der Waals surface area contributed by atoms with Gasteiger partial charge in [0.25, 0.3) is 11.5 Å². The highest BCUT2D eigenvalue weighted by atomic mass is 19.4. The number of alkyl halides is 3. The predicted molar refractivity (Wildman–Crippen MR) is 84.0 cm³/mol. The quantitative estimate of drug-likeness (QED) is 0.750. The number of pyridine rings is 1. The third-order valence-corrected chi connectivity index (χ3v) is 3.47. The minimum absolute atomic E-state index is 0.117. The molecule has 0 saturated heterocycles. The lowest BCUT2D eigenvalue weighted by Crippen LogP contribution is -2.23. The van der Waals surface area contributed by atoms with Crippen molar-refractivity contribution >= 4 is 22.5 Å². The zero-order chi connectivity index (χ0) is 17.3. The van der Waals surface area contributed by atoms with Crippen LogP contribution < -0.4 is 10.9 Å². The van der Waals surface area contributed by atoms with Crippen LogP contribution >= 0.6 is 0 Å². The van der Waals surface area contributed by atoms with Crippen LogP contribution in [0, 0.1) is 0 Å². The summed E-state index contributed by atoms with van der Waals surface area (Å²) in [5, 5.41) is 3.09. The van der Waals surface area contributed by atoms with Crippen molar-refractivity contribution in [2.24, 2.45) is 0 Å². The van der Waals surface area contributed by atoms with E-state index < -0.39 is 23.2 Å². The minimum Gasteiger partial charge on any atom is -0.322 e. The lowest BCUT2D eigenvalue weighted by molar-refractivity contribution is -0.137. The van der Waals surface area contributed by atoms with Crippen molar-refractivity contribution in [3.8, 4) is 0 Å². The summed E-state index contributed by atoms with van der Waals surface area (Å²) in [5.41, 5.74) is -0.745. The topological polar surface area (TPSA) is 62.0 Å². The van der Waals surface area contributed by atoms with Gasteiger partial charge in [-0.05, 0) is 41.8 Å². The standard InChI is InChI=1S/C17H11F3N2O2/c18-17(19,20)11-5-7-12(8-6-11)21-15(23)13-9-10-3-1-2-4-14(10)22-16(13)24/h1-9H,(H,21,23)(H,22,24). The third-order valence-electron chi connectivity index (χ3n) is 3.47. The van der Waals surface area contributed by atoms with E-state index in [1.54, 1.807) is 24.3 Å². The van der Waals surface area contributed by atoms with Crippen LogP contribution in [0.4, 0.5) is 18.9 Å². The highest BCUT2D eigenvalue weighted by molar-refractivity contribution is 6.05. The molecule has 0 aliphatic heterocycles. The highest BCUT2D eigenvalue weighted by Crippen LogP contribution is 2.29. The van der Waals surface area contributed by atoms with Crippen LogP contribution in [-0.4, -0.2) is 10.9 Å². The Morgan fingerprint density at radius 2 is 1.67 bits per heavy atom. The summed E-state index contributed by atoms with van der Waals surface area (Å²) >= 11 is 0. The Morgan fingerprint density at radius 1 is 1.00 bits per heavy atom. The zero-order valence-corrected chi connectivity index (χ0v) is 12.1. The normalized spacial score (nSPS) is 11.5. The molecule has 2 N–H and O–H groups in total. The zero-order valence-electron chi connectivity index (χ0n) is 12.1. The lowest BCUT2D eigenvalue weighted by atomic mass is 10.1. The summed E-state index contributed by atoms with van der Waals surface area (Å²) in [5.74, 6) is -0.693. The summed E-state index contributed by atoms with van der Waals surface area (Å²) in [6.07, 6.45) is -4.45. The van der Waals surface area contributed by atoms with Crippen LogP contribution in [0.1, 0.15) is 15.9 Å². The van der Waals surface area contributed by atoms with Gasteiger partial charge in [0.15, 0.2) is 0 Å². The molecule has 2 aromatic carbocycles. The largest absolute Gasteiger partial charge is 0.416 e. The molecule has 24 heavy (non-hydrogen) atoms. The molecular weight excluding hydrogens is 321 g/mol. The molecule has 122 valence electrons. The first-order valence-corrected chi connectivity index (χ1v) is 6.95. The molecule has 3 rings (SSSR count). The number of halogens is 3. The molecule has 0 saturated carbocycles. The Balaban J connectivity index is 1.87. The maximum atomic E-state index is 12.5. The number of aromatic nitrogens is 1. The number of fused-ring (bicyclic) bond motifs is 1. The number of rotatable bonds is 2. The van der Waals surface area contributed by atoms with Crippen LogP contribution in [-0.2, 0) is 6.18 Å². The summed E-state index contributed by atoms with van der Waals surface area (Å²) in [4.78, 5) is 26.8. The van der Waals surface area contributed by atoms with Crippen LogP contribution in [0.25, 0.3) is 10.9 Å². The fourth-order valence-electron chi connectivity index (χ4n) is 2.26. The number of hydrogen-bond donors (Lipinski definition) is 2. The number of para-hydroxylation sites is 1. The van der Waals surface area contributed by atoms with E-state index in [1.165, 1.54) is 6.07 Å². The van der Waals surface area contributed by atoms with Crippen LogP contribution in [0.15, 0.2) is 59.4 Å². The number of H-pyrrole nitrogens is 1. The Morgan fingerprint density at radius 3 is 2.33 bits per heavy atom. The average Bonchev–Trinajstić information content (AvgIpc) is 2.53. The van der Waals surface area contributed by atoms with Gasteiger partial charge in [0.2, 0.25) is 0 Å². The van der Waals surface area contributed by atoms with E-state index in [0.717, 1.165) is 24.3 Å². The maximum Gasteiger partial charge on any atom is 0.416 e. The molecule has 7 heteroatoms. The minimum atomic E-state index is -4.45. The molecule has 0 aliphatic rings. The van der Waals surface area contributed by atoms with Crippen molar-refractivity contribution in [2.45, 2.75) is 6.18 Å². The van der Waals surface area contributed by atoms with Crippen molar-refractivity contribution in [1.82, 2.24) is 4.98 Å². The Kier molecular flexibility index (Phi) is 3.84. The van der Waals surface area contributed by atoms with Crippen LogP contribution in [0.5, 0.6) is 0 Å². The van der Waals surface area contributed by atoms with Crippen molar-refractivity contribution in [3.63, 3.8) is 0 Å². The first-order chi connectivity index (χ1) is 11.3. The Labute approximate surface area is 133 Å². The first-order valence-electron chi connectivity index (χ1n) is 6.95. The molecular formula is C17H11F3N2O2. The van der Waals surface area contributed by atoms with E-state index in [-0.39, 0.29) is 11.3 Å². The maximum absolute atomic E-state index is 12.5. The third kappa shape index (κ3) is 3.15. The smallest absolute Gasteiger partial charge is 0.322 e. The molecule has 0 fully saturated rings. The summed E-state index contributed by atoms with van der Waals surface area (Å²) in [6, 6.07) is 12.4. The number of hydrogen-bond acceptors (Lipinski definition) is 2. The second kappa shape index (κ2) is 5.84. The highest BCUT2D eigenvalue weighted by Gasteiger charge is 2.30. The van der Waals surface area contributed by atoms with E-state index in [1.807, 2.05) is 0 Å². The van der Waals surface area contributed by atoms with E-state index >= 15 is 0 Å². The number of aromatic amines is 1. The van der Waals surface area contributed by atoms with Gasteiger partial charge in [-0.25, -0.2) is 0 Å². The van der Waals surface area contributed by atoms with Crippen molar-refractivity contribution < 1.29 is 18.0 Å². The SMILES string of the molecule is O=C(Nc1ccc(C(F)(F)F)cc1)c1cc2ccccc2[nH]c1=O. The number of carbonyl (C=O) groups excluding carboxylic acids is 1. The molecule has 0 atom stereocenters. The van der Waals surface area contributed by atoms with E-state index in [2.05, 4.69) is 10.3 Å². The van der Waals surface area contributed by atoms with Gasteiger partial charge >= 0.3 is 6.18 Å². The molecule has 1 amide bonds. The molecule has 0 aliphatic carbocycles. The monoisotopic (exact) mass is 332 g/mol. The Bertz CT molecular complexity index is 960. The summed E-state index contributed by atoms with van der Waals surface area (Å²) in [7, 11) is 0. The van der Waals surface area contributed by atoms with Crippen molar-refractivity contribution in [1.29, 1.82) is 0 Å². The van der Waals surface area contributed by atoms with Gasteiger partial charge < -0.3 is 10.3 Å². The fraction of sp³-hybridized carbons (Fsp3) is 0.0588. The number of nitrogens with one attached hydrogen (secondary N) is 2. The van der Waals surface area contributed by atoms with Gasteiger partial charge in [-0.15, -0.1) is 0 Å². The predicted octanol–water partition coefficient (Wildman–Crippen LogP) is 3.80. The van der Waals surface area contributed by atoms with E-state index in [4.69, 9.17) is 0 Å². The molecule has 1 aromatic heterocycles. The summed E-state index contributed by atoms with van der Waals surface area (Å²) in [6.45, 7) is 0. The molecule has 4 nitrogen and oxygen atoms in total. The van der Waals surface area contributed by atoms with Gasteiger partial charge in [-0.1, -0.05) is 18.2 Å². The molecule has 1 heterocycles. The van der Waals surface area contributed by atoms with Gasteiger partial charge in [-0.2, -0.15) is 13.2 Å². The van der Waals surface area contributed by atoms with E-state index in [0.29, 0.717) is 10.9 Å². The molecule has 0 radical (unpaired) electrons. The van der Waals surface area contributed by atoms with Crippen LogP contribution in [0.3, 0.4) is 0 Å². The second-order valence-corrected chi connectivity index (χ2v) is 5.13. The van der Waals surface area contributed by atoms with Gasteiger partial charge in [0.1, 0.15) is 5.56 Å². The molecule has 3 aromatic rings. The van der Waals surface area contributed by atoms with Gasteiger partial charge in [0.05, 0.1) is 5.56 Å². The number of amides is 1. The average molecular weight is 332 g/mol. The Hall–Kier alpha value is -3.09. The lowest BCUT2D eigenvalue weighted by Gasteiger charge is -2.09. The number of benzene rings is 2. The van der Waals surface area contributed by atoms with Crippen LogP contribution in [0.2, 0.25) is 0 Å². The molecule has 0 unspecified atom stereocenters. The number of anilines is 1. The summed E-state index contributed by atoms with van der Waals surface area (Å²) < 4.78 is 37.5.